The molecule has 0 radical (unpaired) electrons. The Hall–Kier alpha value is -0.170. The van der Waals surface area contributed by atoms with E-state index in [1.54, 1.807) is 4.31 Å². The van der Waals surface area contributed by atoms with E-state index in [1.807, 2.05) is 0 Å². The van der Waals surface area contributed by atoms with Crippen molar-refractivity contribution in [2.45, 2.75) is 26.8 Å². The molecule has 1 heterocycles. The molecule has 18 heavy (non-hydrogen) atoms. The summed E-state index contributed by atoms with van der Waals surface area (Å²) < 4.78 is 24.4. The van der Waals surface area contributed by atoms with E-state index in [0.29, 0.717) is 25.0 Å². The Morgan fingerprint density at radius 1 is 1.06 bits per heavy atom. The van der Waals surface area contributed by atoms with Crippen LogP contribution in [0.5, 0.6) is 0 Å². The Balaban J connectivity index is 2.29. The van der Waals surface area contributed by atoms with Crippen molar-refractivity contribution in [3.8, 4) is 0 Å². The van der Waals surface area contributed by atoms with E-state index in [2.05, 4.69) is 31.0 Å². The van der Waals surface area contributed by atoms with Gasteiger partial charge in [-0.2, -0.15) is 4.31 Å². The minimum absolute atomic E-state index is 0.463. The third-order valence-corrected chi connectivity index (χ3v) is 4.66. The summed E-state index contributed by atoms with van der Waals surface area (Å²) in [5.41, 5.74) is 0. The highest BCUT2D eigenvalue weighted by molar-refractivity contribution is 7.88. The predicted molar refractivity (Wildman–Crippen MR) is 75.2 cm³/mol. The fraction of sp³-hybridized carbons (Fsp3) is 1.00. The lowest BCUT2D eigenvalue weighted by Crippen LogP contribution is -2.53. The van der Waals surface area contributed by atoms with Gasteiger partial charge in [0.1, 0.15) is 0 Å². The lowest BCUT2D eigenvalue weighted by molar-refractivity contribution is 0.143. The van der Waals surface area contributed by atoms with Crippen molar-refractivity contribution in [2.24, 2.45) is 5.92 Å². The maximum absolute atomic E-state index is 11.4. The summed E-state index contributed by atoms with van der Waals surface area (Å²) in [5.74, 6) is 0.666. The van der Waals surface area contributed by atoms with Crippen LogP contribution in [-0.2, 0) is 10.0 Å². The highest BCUT2D eigenvalue weighted by Gasteiger charge is 2.25. The zero-order valence-corrected chi connectivity index (χ0v) is 12.8. The summed E-state index contributed by atoms with van der Waals surface area (Å²) in [6.07, 6.45) is 1.29. The van der Waals surface area contributed by atoms with Gasteiger partial charge in [0.05, 0.1) is 6.26 Å². The summed E-state index contributed by atoms with van der Waals surface area (Å²) in [7, 11) is -3.01. The first-order valence-corrected chi connectivity index (χ1v) is 8.55. The minimum atomic E-state index is -3.01. The number of nitrogens with one attached hydrogen (secondary N) is 1. The number of sulfonamides is 1. The number of hydrogen-bond donors (Lipinski definition) is 1. The van der Waals surface area contributed by atoms with E-state index >= 15 is 0 Å². The Morgan fingerprint density at radius 2 is 1.61 bits per heavy atom. The molecule has 108 valence electrons. The summed E-state index contributed by atoms with van der Waals surface area (Å²) in [6.45, 7) is 11.5. The van der Waals surface area contributed by atoms with Gasteiger partial charge in [-0.25, -0.2) is 8.42 Å². The van der Waals surface area contributed by atoms with Crippen molar-refractivity contribution in [3.05, 3.63) is 0 Å². The van der Waals surface area contributed by atoms with Crippen LogP contribution in [0.4, 0.5) is 0 Å². The molecule has 1 saturated heterocycles. The molecule has 5 nitrogen and oxygen atoms in total. The van der Waals surface area contributed by atoms with E-state index in [1.165, 1.54) is 6.26 Å². The van der Waals surface area contributed by atoms with Crippen LogP contribution in [0.15, 0.2) is 0 Å². The van der Waals surface area contributed by atoms with Crippen molar-refractivity contribution in [1.82, 2.24) is 14.5 Å². The quantitative estimate of drug-likeness (QED) is 0.753. The zero-order valence-electron chi connectivity index (χ0n) is 12.0. The molecule has 0 aromatic rings. The standard InChI is InChI=1S/C12H27N3O2S/c1-11(2)9-13-10-12(3)14-5-7-15(8-6-14)18(4,16)17/h11-13H,5-10H2,1-4H3. The number of nitrogens with zero attached hydrogens (tertiary/aromatic N) is 2. The molecule has 1 aliphatic rings. The van der Waals surface area contributed by atoms with Crippen molar-refractivity contribution in [3.63, 3.8) is 0 Å². The van der Waals surface area contributed by atoms with Crippen molar-refractivity contribution < 1.29 is 8.42 Å². The maximum atomic E-state index is 11.4. The molecule has 1 aliphatic heterocycles. The van der Waals surface area contributed by atoms with Crippen LogP contribution in [0.3, 0.4) is 0 Å². The SMILES string of the molecule is CC(C)CNCC(C)N1CCN(S(C)(=O)=O)CC1. The average Bonchev–Trinajstić information content (AvgIpc) is 2.27. The van der Waals surface area contributed by atoms with E-state index in [9.17, 15) is 8.42 Å². The van der Waals surface area contributed by atoms with Crippen LogP contribution in [-0.4, -0.2) is 69.2 Å². The van der Waals surface area contributed by atoms with Crippen molar-refractivity contribution in [1.29, 1.82) is 0 Å². The fourth-order valence-electron chi connectivity index (χ4n) is 2.19. The van der Waals surface area contributed by atoms with Gasteiger partial charge in [0.15, 0.2) is 0 Å². The van der Waals surface area contributed by atoms with Crippen LogP contribution in [0.1, 0.15) is 20.8 Å². The van der Waals surface area contributed by atoms with Crippen LogP contribution in [0.25, 0.3) is 0 Å². The second kappa shape index (κ2) is 6.84. The van der Waals surface area contributed by atoms with Gasteiger partial charge >= 0.3 is 0 Å². The smallest absolute Gasteiger partial charge is 0.211 e. The first-order valence-electron chi connectivity index (χ1n) is 6.70. The molecule has 1 atom stereocenters. The monoisotopic (exact) mass is 277 g/mol. The highest BCUT2D eigenvalue weighted by atomic mass is 32.2. The molecule has 1 N–H and O–H groups in total. The van der Waals surface area contributed by atoms with Crippen molar-refractivity contribution in [2.75, 3.05) is 45.5 Å². The van der Waals surface area contributed by atoms with Crippen LogP contribution in [0, 0.1) is 5.92 Å². The van der Waals surface area contributed by atoms with Gasteiger partial charge < -0.3 is 5.32 Å². The Bertz CT molecular complexity index is 335. The fourth-order valence-corrected chi connectivity index (χ4v) is 3.01. The van der Waals surface area contributed by atoms with Gasteiger partial charge in [-0.3, -0.25) is 4.90 Å². The molecule has 0 saturated carbocycles. The van der Waals surface area contributed by atoms with Crippen LogP contribution in [0.2, 0.25) is 0 Å². The second-order valence-corrected chi connectivity index (χ2v) is 7.58. The summed E-state index contributed by atoms with van der Waals surface area (Å²) >= 11 is 0. The van der Waals surface area contributed by atoms with E-state index in [-0.39, 0.29) is 0 Å². The first-order chi connectivity index (χ1) is 8.30. The largest absolute Gasteiger partial charge is 0.315 e. The predicted octanol–water partition coefficient (Wildman–Crippen LogP) is 0.198. The lowest BCUT2D eigenvalue weighted by Gasteiger charge is -2.37. The van der Waals surface area contributed by atoms with Gasteiger partial charge in [-0.1, -0.05) is 13.8 Å². The van der Waals surface area contributed by atoms with Gasteiger partial charge in [0.2, 0.25) is 10.0 Å². The number of piperazine rings is 1. The minimum Gasteiger partial charge on any atom is -0.315 e. The van der Waals surface area contributed by atoms with Crippen LogP contribution >= 0.6 is 0 Å². The average molecular weight is 277 g/mol. The first kappa shape index (κ1) is 15.9. The molecule has 0 aromatic carbocycles. The molecule has 0 amide bonds. The van der Waals surface area contributed by atoms with Gasteiger partial charge in [-0.15, -0.1) is 0 Å². The number of hydrogen-bond acceptors (Lipinski definition) is 4. The molecule has 0 spiro atoms. The molecular formula is C12H27N3O2S. The van der Waals surface area contributed by atoms with Gasteiger partial charge in [0.25, 0.3) is 0 Å². The lowest BCUT2D eigenvalue weighted by atomic mass is 10.2. The normalized spacial score (nSPS) is 21.4. The Labute approximate surface area is 112 Å². The van der Waals surface area contributed by atoms with E-state index < -0.39 is 10.0 Å². The van der Waals surface area contributed by atoms with Crippen molar-refractivity contribution >= 4 is 10.0 Å². The zero-order chi connectivity index (χ0) is 13.8. The molecule has 1 rings (SSSR count). The van der Waals surface area contributed by atoms with E-state index in [4.69, 9.17) is 0 Å². The molecule has 1 unspecified atom stereocenters. The molecule has 0 bridgehead atoms. The third kappa shape index (κ3) is 5.22. The highest BCUT2D eigenvalue weighted by Crippen LogP contribution is 2.08. The Kier molecular flexibility index (Phi) is 6.04. The second-order valence-electron chi connectivity index (χ2n) is 5.60. The molecular weight excluding hydrogens is 250 g/mol. The van der Waals surface area contributed by atoms with E-state index in [0.717, 1.165) is 26.2 Å². The third-order valence-electron chi connectivity index (χ3n) is 3.36. The summed E-state index contributed by atoms with van der Waals surface area (Å²) in [4.78, 5) is 2.36. The number of rotatable bonds is 6. The molecule has 0 aromatic heterocycles. The topological polar surface area (TPSA) is 52.6 Å². The maximum Gasteiger partial charge on any atom is 0.211 e. The molecule has 6 heteroatoms. The van der Waals surface area contributed by atoms with Crippen LogP contribution < -0.4 is 5.32 Å². The Morgan fingerprint density at radius 3 is 2.06 bits per heavy atom. The summed E-state index contributed by atoms with van der Waals surface area (Å²) in [6, 6.07) is 0.463. The molecule has 0 aliphatic carbocycles. The van der Waals surface area contributed by atoms with Gasteiger partial charge in [-0.05, 0) is 19.4 Å². The molecule has 1 fully saturated rings. The van der Waals surface area contributed by atoms with Gasteiger partial charge in [0, 0.05) is 38.8 Å². The summed E-state index contributed by atoms with van der Waals surface area (Å²) in [5, 5.41) is 3.45.